The van der Waals surface area contributed by atoms with Crippen molar-refractivity contribution in [3.8, 4) is 11.5 Å². The summed E-state index contributed by atoms with van der Waals surface area (Å²) in [5, 5.41) is 5.00. The highest BCUT2D eigenvalue weighted by molar-refractivity contribution is 8.00. The number of hydrogen-bond acceptors (Lipinski definition) is 6. The lowest BCUT2D eigenvalue weighted by Gasteiger charge is -2.25. The maximum atomic E-state index is 12.2. The van der Waals surface area contributed by atoms with Crippen molar-refractivity contribution in [3.05, 3.63) is 48.5 Å². The van der Waals surface area contributed by atoms with E-state index in [9.17, 15) is 14.4 Å². The van der Waals surface area contributed by atoms with Crippen molar-refractivity contribution in [2.24, 2.45) is 0 Å². The average Bonchev–Trinajstić information content (AvgIpc) is 2.66. The molecule has 0 bridgehead atoms. The number of ether oxygens (including phenoxy) is 2. The van der Waals surface area contributed by atoms with Crippen LogP contribution in [0.4, 0.5) is 5.69 Å². The van der Waals surface area contributed by atoms with Gasteiger partial charge in [-0.05, 0) is 36.4 Å². The molecule has 0 unspecified atom stereocenters. The predicted molar refractivity (Wildman–Crippen MR) is 101 cm³/mol. The number of benzene rings is 2. The van der Waals surface area contributed by atoms with Crippen LogP contribution in [0.15, 0.2) is 53.4 Å². The molecular weight excluding hydrogens is 368 g/mol. The van der Waals surface area contributed by atoms with Gasteiger partial charge < -0.3 is 14.8 Å². The zero-order valence-corrected chi connectivity index (χ0v) is 15.4. The molecule has 1 atom stereocenters. The molecule has 0 fully saturated rings. The number of anilines is 1. The molecule has 2 aromatic rings. The van der Waals surface area contributed by atoms with E-state index in [4.69, 9.17) is 9.47 Å². The Morgan fingerprint density at radius 2 is 1.78 bits per heavy atom. The Bertz CT molecular complexity index is 853. The summed E-state index contributed by atoms with van der Waals surface area (Å²) in [5.74, 6) is 0.0329. The van der Waals surface area contributed by atoms with Crippen molar-refractivity contribution in [3.63, 3.8) is 0 Å². The molecule has 0 aliphatic carbocycles. The molecule has 27 heavy (non-hydrogen) atoms. The number of imide groups is 1. The van der Waals surface area contributed by atoms with Crippen LogP contribution in [0.1, 0.15) is 6.92 Å². The third-order valence-corrected chi connectivity index (χ3v) is 4.62. The van der Waals surface area contributed by atoms with Crippen LogP contribution in [0, 0.1) is 0 Å². The smallest absolute Gasteiger partial charge is 0.271 e. The Hall–Kier alpha value is -3.00. The van der Waals surface area contributed by atoms with Crippen LogP contribution in [0.25, 0.3) is 0 Å². The molecule has 1 aliphatic rings. The van der Waals surface area contributed by atoms with Crippen LogP contribution in [0.2, 0.25) is 0 Å². The molecular formula is C19H18N2O5S. The van der Waals surface area contributed by atoms with Crippen LogP contribution < -0.4 is 20.1 Å². The molecule has 3 amide bonds. The van der Waals surface area contributed by atoms with E-state index in [-0.39, 0.29) is 18.3 Å². The SMILES string of the molecule is CC(=O)Nc1ccc(SCC(=O)NC(=O)[C@@H]2COc3ccccc3O2)cc1. The predicted octanol–water partition coefficient (Wildman–Crippen LogP) is 2.22. The third kappa shape index (κ3) is 5.24. The maximum Gasteiger partial charge on any atom is 0.271 e. The summed E-state index contributed by atoms with van der Waals surface area (Å²) in [6.07, 6.45) is -0.870. The van der Waals surface area contributed by atoms with Crippen LogP contribution in [-0.2, 0) is 14.4 Å². The lowest BCUT2D eigenvalue weighted by molar-refractivity contribution is -0.135. The summed E-state index contributed by atoms with van der Waals surface area (Å²) in [4.78, 5) is 36.1. The van der Waals surface area contributed by atoms with Crippen molar-refractivity contribution in [1.82, 2.24) is 5.32 Å². The van der Waals surface area contributed by atoms with Gasteiger partial charge in [0.25, 0.3) is 5.91 Å². The molecule has 1 heterocycles. The van der Waals surface area contributed by atoms with Gasteiger partial charge in [-0.3, -0.25) is 19.7 Å². The number of rotatable bonds is 5. The average molecular weight is 386 g/mol. The van der Waals surface area contributed by atoms with E-state index in [0.717, 1.165) is 4.90 Å². The lowest BCUT2D eigenvalue weighted by atomic mass is 10.2. The maximum absolute atomic E-state index is 12.2. The summed E-state index contributed by atoms with van der Waals surface area (Å²) >= 11 is 1.28. The number of carbonyl (C=O) groups excluding carboxylic acids is 3. The highest BCUT2D eigenvalue weighted by Gasteiger charge is 2.28. The Labute approximate surface area is 160 Å². The number of para-hydroxylation sites is 2. The van der Waals surface area contributed by atoms with Gasteiger partial charge in [0.05, 0.1) is 5.75 Å². The van der Waals surface area contributed by atoms with E-state index >= 15 is 0 Å². The Balaban J connectivity index is 1.46. The first-order valence-electron chi connectivity index (χ1n) is 8.24. The normalized spacial score (nSPS) is 14.9. The van der Waals surface area contributed by atoms with Gasteiger partial charge in [-0.2, -0.15) is 0 Å². The second-order valence-electron chi connectivity index (χ2n) is 5.77. The molecule has 7 nitrogen and oxygen atoms in total. The second kappa shape index (κ2) is 8.59. The van der Waals surface area contributed by atoms with Crippen molar-refractivity contribution < 1.29 is 23.9 Å². The van der Waals surface area contributed by atoms with Gasteiger partial charge in [0.15, 0.2) is 11.5 Å². The zero-order valence-electron chi connectivity index (χ0n) is 14.6. The van der Waals surface area contributed by atoms with Crippen molar-refractivity contribution in [2.75, 3.05) is 17.7 Å². The van der Waals surface area contributed by atoms with Crippen LogP contribution >= 0.6 is 11.8 Å². The minimum absolute atomic E-state index is 0.0495. The highest BCUT2D eigenvalue weighted by atomic mass is 32.2. The summed E-state index contributed by atoms with van der Waals surface area (Å²) in [5.41, 5.74) is 0.682. The van der Waals surface area contributed by atoms with Gasteiger partial charge in [0.1, 0.15) is 6.61 Å². The van der Waals surface area contributed by atoms with Gasteiger partial charge in [-0.1, -0.05) is 12.1 Å². The van der Waals surface area contributed by atoms with E-state index in [0.29, 0.717) is 17.2 Å². The minimum atomic E-state index is -0.870. The van der Waals surface area contributed by atoms with Gasteiger partial charge in [0.2, 0.25) is 17.9 Å². The molecule has 140 valence electrons. The fraction of sp³-hybridized carbons (Fsp3) is 0.211. The number of thioether (sulfide) groups is 1. The molecule has 0 spiro atoms. The van der Waals surface area contributed by atoms with Gasteiger partial charge in [-0.15, -0.1) is 11.8 Å². The third-order valence-electron chi connectivity index (χ3n) is 3.61. The molecule has 0 radical (unpaired) electrons. The van der Waals surface area contributed by atoms with Gasteiger partial charge in [0, 0.05) is 17.5 Å². The molecule has 8 heteroatoms. The monoisotopic (exact) mass is 386 g/mol. The molecule has 2 N–H and O–H groups in total. The molecule has 2 aromatic carbocycles. The Morgan fingerprint density at radius 1 is 1.07 bits per heavy atom. The highest BCUT2D eigenvalue weighted by Crippen LogP contribution is 2.30. The first kappa shape index (κ1) is 18.8. The summed E-state index contributed by atoms with van der Waals surface area (Å²) in [6.45, 7) is 1.48. The van der Waals surface area contributed by atoms with Gasteiger partial charge >= 0.3 is 0 Å². The first-order chi connectivity index (χ1) is 13.0. The number of amides is 3. The summed E-state index contributed by atoms with van der Waals surface area (Å²) in [6, 6.07) is 14.1. The zero-order chi connectivity index (χ0) is 19.2. The lowest BCUT2D eigenvalue weighted by Crippen LogP contribution is -2.46. The topological polar surface area (TPSA) is 93.7 Å². The van der Waals surface area contributed by atoms with E-state index in [2.05, 4.69) is 10.6 Å². The molecule has 0 saturated carbocycles. The molecule has 3 rings (SSSR count). The van der Waals surface area contributed by atoms with Crippen molar-refractivity contribution in [2.45, 2.75) is 17.9 Å². The molecule has 1 aliphatic heterocycles. The fourth-order valence-corrected chi connectivity index (χ4v) is 3.09. The first-order valence-corrected chi connectivity index (χ1v) is 9.22. The number of hydrogen-bond donors (Lipinski definition) is 2. The van der Waals surface area contributed by atoms with Crippen molar-refractivity contribution in [1.29, 1.82) is 0 Å². The summed E-state index contributed by atoms with van der Waals surface area (Å²) in [7, 11) is 0. The van der Waals surface area contributed by atoms with E-state index in [1.54, 1.807) is 42.5 Å². The van der Waals surface area contributed by atoms with Crippen LogP contribution in [0.3, 0.4) is 0 Å². The minimum Gasteiger partial charge on any atom is -0.485 e. The number of nitrogens with one attached hydrogen (secondary N) is 2. The standard InChI is InChI=1S/C19H18N2O5S/c1-12(22)20-13-6-8-14(9-7-13)27-11-18(23)21-19(24)17-10-25-15-4-2-3-5-16(15)26-17/h2-9,17H,10-11H2,1H3,(H,20,22)(H,21,23,24)/t17-/m0/s1. The van der Waals surface area contributed by atoms with E-state index < -0.39 is 17.9 Å². The molecule has 0 aromatic heterocycles. The van der Waals surface area contributed by atoms with Crippen LogP contribution in [0.5, 0.6) is 11.5 Å². The fourth-order valence-electron chi connectivity index (χ4n) is 2.39. The second-order valence-corrected chi connectivity index (χ2v) is 6.82. The van der Waals surface area contributed by atoms with Crippen LogP contribution in [-0.4, -0.2) is 36.2 Å². The largest absolute Gasteiger partial charge is 0.485 e. The Morgan fingerprint density at radius 3 is 2.48 bits per heavy atom. The van der Waals surface area contributed by atoms with E-state index in [1.165, 1.54) is 18.7 Å². The van der Waals surface area contributed by atoms with Gasteiger partial charge in [-0.25, -0.2) is 0 Å². The van der Waals surface area contributed by atoms with Crippen molar-refractivity contribution >= 4 is 35.2 Å². The Kier molecular flexibility index (Phi) is 5.97. The number of carbonyl (C=O) groups is 3. The van der Waals surface area contributed by atoms with E-state index in [1.807, 2.05) is 6.07 Å². The summed E-state index contributed by atoms with van der Waals surface area (Å²) < 4.78 is 11.0. The number of fused-ring (bicyclic) bond motifs is 1. The molecule has 0 saturated heterocycles. The quantitative estimate of drug-likeness (QED) is 0.766.